The summed E-state index contributed by atoms with van der Waals surface area (Å²) >= 11 is 0. The molecule has 3 N–H and O–H groups in total. The van der Waals surface area contributed by atoms with Crippen molar-refractivity contribution >= 4 is 39.5 Å². The minimum atomic E-state index is -4.94. The minimum Gasteiger partial charge on any atom is -0.462 e. The van der Waals surface area contributed by atoms with E-state index in [-0.39, 0.29) is 25.7 Å². The second-order valence-electron chi connectivity index (χ2n) is 21.4. The molecule has 0 fully saturated rings. The van der Waals surface area contributed by atoms with Gasteiger partial charge in [0, 0.05) is 25.7 Å². The van der Waals surface area contributed by atoms with Crippen LogP contribution in [0.2, 0.25) is 0 Å². The third kappa shape index (κ3) is 53.4. The summed E-state index contributed by atoms with van der Waals surface area (Å²) in [5, 5.41) is 10.5. The van der Waals surface area contributed by atoms with E-state index in [0.717, 1.165) is 103 Å². The number of phosphoric ester groups is 2. The Morgan fingerprint density at radius 2 is 0.513 bits per heavy atom. The van der Waals surface area contributed by atoms with E-state index >= 15 is 0 Å². The first kappa shape index (κ1) is 76.1. The van der Waals surface area contributed by atoms with Crippen LogP contribution in [0, 0.1) is 0 Å². The van der Waals surface area contributed by atoms with E-state index in [0.29, 0.717) is 25.7 Å². The zero-order valence-electron chi connectivity index (χ0n) is 49.6. The fourth-order valence-corrected chi connectivity index (χ4v) is 10.3. The van der Waals surface area contributed by atoms with Crippen molar-refractivity contribution in [2.24, 2.45) is 0 Å². The molecule has 19 heteroatoms. The first-order valence-corrected chi connectivity index (χ1v) is 34.3. The molecule has 0 aliphatic carbocycles. The largest absolute Gasteiger partial charge is 0.472 e. The van der Waals surface area contributed by atoms with E-state index < -0.39 is 97.5 Å². The number of esters is 4. The van der Waals surface area contributed by atoms with E-state index in [9.17, 15) is 43.2 Å². The van der Waals surface area contributed by atoms with Crippen LogP contribution in [-0.2, 0) is 65.4 Å². The molecule has 0 saturated carbocycles. The van der Waals surface area contributed by atoms with E-state index in [2.05, 4.69) is 27.7 Å². The normalized spacial score (nSPS) is 14.3. The number of aliphatic hydroxyl groups excluding tert-OH is 1. The van der Waals surface area contributed by atoms with Gasteiger partial charge in [-0.3, -0.25) is 37.3 Å². The Labute approximate surface area is 473 Å². The molecule has 0 aromatic carbocycles. The van der Waals surface area contributed by atoms with E-state index in [1.165, 1.54) is 116 Å². The Morgan fingerprint density at radius 3 is 0.756 bits per heavy atom. The number of rotatable bonds is 60. The molecule has 0 saturated heterocycles. The van der Waals surface area contributed by atoms with Crippen LogP contribution in [0.5, 0.6) is 0 Å². The topological polar surface area (TPSA) is 237 Å². The van der Waals surface area contributed by atoms with Gasteiger partial charge in [-0.15, -0.1) is 0 Å². The van der Waals surface area contributed by atoms with E-state index in [4.69, 9.17) is 37.0 Å². The zero-order valence-corrected chi connectivity index (χ0v) is 51.4. The Hall–Kier alpha value is -1.94. The van der Waals surface area contributed by atoms with Crippen LogP contribution >= 0.6 is 15.6 Å². The Bertz CT molecular complexity index is 1520. The number of hydrogen-bond donors (Lipinski definition) is 3. The van der Waals surface area contributed by atoms with Gasteiger partial charge in [0.1, 0.15) is 19.3 Å². The Balaban J connectivity index is 5.20. The molecular weight excluding hydrogens is 1040 g/mol. The molecule has 0 rings (SSSR count). The van der Waals surface area contributed by atoms with Crippen molar-refractivity contribution in [3.63, 3.8) is 0 Å². The van der Waals surface area contributed by atoms with Gasteiger partial charge in [-0.05, 0) is 25.7 Å². The highest BCUT2D eigenvalue weighted by Crippen LogP contribution is 2.45. The second kappa shape index (κ2) is 54.3. The lowest BCUT2D eigenvalue weighted by molar-refractivity contribution is -0.161. The molecule has 0 aliphatic heterocycles. The molecule has 0 bridgehead atoms. The maximum Gasteiger partial charge on any atom is 0.472 e. The average Bonchev–Trinajstić information content (AvgIpc) is 3.41. The van der Waals surface area contributed by atoms with Crippen LogP contribution in [0.1, 0.15) is 297 Å². The van der Waals surface area contributed by atoms with E-state index in [1.54, 1.807) is 0 Å². The van der Waals surface area contributed by atoms with Crippen LogP contribution in [0.4, 0.5) is 0 Å². The number of carbonyl (C=O) groups is 4. The van der Waals surface area contributed by atoms with Crippen molar-refractivity contribution in [3.05, 3.63) is 0 Å². The summed E-state index contributed by atoms with van der Waals surface area (Å²) in [7, 11) is -9.87. The van der Waals surface area contributed by atoms with Crippen molar-refractivity contribution in [2.45, 2.75) is 316 Å². The molecule has 0 aromatic rings. The molecule has 0 aliphatic rings. The fourth-order valence-electron chi connectivity index (χ4n) is 8.75. The minimum absolute atomic E-state index is 0.105. The van der Waals surface area contributed by atoms with Crippen molar-refractivity contribution in [2.75, 3.05) is 39.6 Å². The van der Waals surface area contributed by atoms with Crippen molar-refractivity contribution in [1.82, 2.24) is 0 Å². The van der Waals surface area contributed by atoms with Gasteiger partial charge in [0.15, 0.2) is 12.2 Å². The maximum atomic E-state index is 12.9. The monoisotopic (exact) mass is 1160 g/mol. The SMILES string of the molecule is CCCCCCCCCCCCCC(=O)OC[C@H](COP(=O)(O)OC[C@@H](O)COP(=O)(O)OC[C@@H](COC(=O)CCCCCCCCCC)OC(=O)CCCCCCCCCC)OC(=O)CCCCCCCCCCCCC. The molecule has 0 heterocycles. The molecule has 462 valence electrons. The lowest BCUT2D eigenvalue weighted by Gasteiger charge is -2.21. The molecule has 0 amide bonds. The van der Waals surface area contributed by atoms with Crippen LogP contribution in [0.15, 0.2) is 0 Å². The second-order valence-corrected chi connectivity index (χ2v) is 24.3. The van der Waals surface area contributed by atoms with Gasteiger partial charge < -0.3 is 33.8 Å². The third-order valence-corrected chi connectivity index (χ3v) is 15.5. The summed E-state index contributed by atoms with van der Waals surface area (Å²) in [6.07, 6.45) is 37.6. The lowest BCUT2D eigenvalue weighted by atomic mass is 10.1. The number of phosphoric acid groups is 2. The van der Waals surface area contributed by atoms with Crippen LogP contribution in [-0.4, -0.2) is 96.7 Å². The van der Waals surface area contributed by atoms with Gasteiger partial charge in [0.25, 0.3) is 0 Å². The fraction of sp³-hybridized carbons (Fsp3) is 0.932. The smallest absolute Gasteiger partial charge is 0.462 e. The number of carbonyl (C=O) groups excluding carboxylic acids is 4. The van der Waals surface area contributed by atoms with Crippen molar-refractivity contribution in [1.29, 1.82) is 0 Å². The van der Waals surface area contributed by atoms with Gasteiger partial charge in [0.05, 0.1) is 26.4 Å². The summed E-state index contributed by atoms with van der Waals surface area (Å²) in [6, 6.07) is 0. The summed E-state index contributed by atoms with van der Waals surface area (Å²) in [5.41, 5.74) is 0. The van der Waals surface area contributed by atoms with Gasteiger partial charge in [-0.25, -0.2) is 9.13 Å². The maximum absolute atomic E-state index is 12.9. The van der Waals surface area contributed by atoms with Gasteiger partial charge in [-0.2, -0.15) is 0 Å². The van der Waals surface area contributed by atoms with Gasteiger partial charge >= 0.3 is 39.5 Å². The number of ether oxygens (including phenoxy) is 4. The molecule has 17 nitrogen and oxygen atoms in total. The number of aliphatic hydroxyl groups is 1. The van der Waals surface area contributed by atoms with Crippen molar-refractivity contribution < 1.29 is 80.2 Å². The zero-order chi connectivity index (χ0) is 57.6. The number of hydrogen-bond acceptors (Lipinski definition) is 15. The van der Waals surface area contributed by atoms with Crippen LogP contribution < -0.4 is 0 Å². The molecule has 0 radical (unpaired) electrons. The highest BCUT2D eigenvalue weighted by atomic mass is 31.2. The molecule has 0 spiro atoms. The summed E-state index contributed by atoms with van der Waals surface area (Å²) in [4.78, 5) is 71.8. The van der Waals surface area contributed by atoms with Gasteiger partial charge in [0.2, 0.25) is 0 Å². The Morgan fingerprint density at radius 1 is 0.308 bits per heavy atom. The Kier molecular flexibility index (Phi) is 53.0. The molecular formula is C59H114O17P2. The van der Waals surface area contributed by atoms with Crippen molar-refractivity contribution in [3.8, 4) is 0 Å². The van der Waals surface area contributed by atoms with Crippen LogP contribution in [0.25, 0.3) is 0 Å². The highest BCUT2D eigenvalue weighted by molar-refractivity contribution is 7.47. The number of unbranched alkanes of at least 4 members (excludes halogenated alkanes) is 34. The predicted molar refractivity (Wildman–Crippen MR) is 308 cm³/mol. The molecule has 0 aromatic heterocycles. The predicted octanol–water partition coefficient (Wildman–Crippen LogP) is 16.0. The first-order chi connectivity index (χ1) is 37.7. The summed E-state index contributed by atoms with van der Waals surface area (Å²) < 4.78 is 67.6. The lowest BCUT2D eigenvalue weighted by Crippen LogP contribution is -2.30. The van der Waals surface area contributed by atoms with Crippen LogP contribution in [0.3, 0.4) is 0 Å². The molecule has 78 heavy (non-hydrogen) atoms. The molecule has 2 unspecified atom stereocenters. The third-order valence-electron chi connectivity index (χ3n) is 13.6. The summed E-state index contributed by atoms with van der Waals surface area (Å²) in [6.45, 7) is 4.80. The molecule has 5 atom stereocenters. The average molecular weight is 1160 g/mol. The highest BCUT2D eigenvalue weighted by Gasteiger charge is 2.30. The summed E-state index contributed by atoms with van der Waals surface area (Å²) in [5.74, 6) is -2.14. The quantitative estimate of drug-likeness (QED) is 0.0222. The van der Waals surface area contributed by atoms with Gasteiger partial charge in [-0.1, -0.05) is 246 Å². The first-order valence-electron chi connectivity index (χ1n) is 31.3. The van der Waals surface area contributed by atoms with E-state index in [1.807, 2.05) is 0 Å². The standard InChI is InChI=1S/C59H114O17P2/c1-5-9-13-17-21-25-27-29-33-36-40-44-57(62)70-50-55(76-59(64)46-42-38-34-30-28-26-22-18-14-10-6-2)52-74-78(67,68)72-48-53(60)47-71-77(65,66)73-51-54(75-58(63)45-41-37-32-24-20-16-12-8-4)49-69-56(61)43-39-35-31-23-19-15-11-7-3/h53-55,60H,5-52H2,1-4H3,(H,65,66)(H,67,68)/t53-,54+,55+/m0/s1.